The number of sulfone groups is 1. The number of hydrogen-bond donors (Lipinski definition) is 2. The predicted octanol–water partition coefficient (Wildman–Crippen LogP) is 4.19. The molecule has 174 valence electrons. The van der Waals surface area contributed by atoms with Gasteiger partial charge in [-0.25, -0.2) is 31.6 Å². The van der Waals surface area contributed by atoms with E-state index in [1.54, 1.807) is 4.57 Å². The number of anilines is 3. The number of rotatable bonds is 5. The molecule has 3 heterocycles. The highest BCUT2D eigenvalue weighted by atomic mass is 32.2. The largest absolute Gasteiger partial charge is 0.352 e. The van der Waals surface area contributed by atoms with E-state index in [0.29, 0.717) is 42.1 Å². The van der Waals surface area contributed by atoms with E-state index >= 15 is 0 Å². The van der Waals surface area contributed by atoms with Gasteiger partial charge in [0.05, 0.1) is 17.7 Å². The van der Waals surface area contributed by atoms with Crippen LogP contribution in [0.25, 0.3) is 11.2 Å². The summed E-state index contributed by atoms with van der Waals surface area (Å²) in [6.45, 7) is 3.84. The molecule has 0 radical (unpaired) electrons. The Morgan fingerprint density at radius 1 is 1.09 bits per heavy atom. The summed E-state index contributed by atoms with van der Waals surface area (Å²) < 4.78 is 67.2. The molecule has 12 heteroatoms. The summed E-state index contributed by atoms with van der Waals surface area (Å²) >= 11 is 0. The summed E-state index contributed by atoms with van der Waals surface area (Å²) in [7, 11) is -3.13. The lowest BCUT2D eigenvalue weighted by Gasteiger charge is -2.25. The number of fused-ring (bicyclic) bond motifs is 1. The molecule has 1 saturated heterocycles. The minimum absolute atomic E-state index is 0. The van der Waals surface area contributed by atoms with E-state index in [1.807, 2.05) is 13.8 Å². The number of imidazole rings is 1. The molecule has 0 unspecified atom stereocenters. The van der Waals surface area contributed by atoms with Crippen LogP contribution in [0.3, 0.4) is 0 Å². The van der Waals surface area contributed by atoms with Crippen LogP contribution in [0.2, 0.25) is 0 Å². The molecule has 0 saturated carbocycles. The monoisotopic (exact) mass is 470 g/mol. The highest BCUT2D eigenvalue weighted by Gasteiger charge is 2.29. The number of aromatic nitrogens is 4. The minimum Gasteiger partial charge on any atom is -0.352 e. The normalized spacial score (nSPS) is 16.2. The number of halogens is 3. The molecule has 8 nitrogen and oxygen atoms in total. The molecular formula is C20H25F3N6O2S. The van der Waals surface area contributed by atoms with Gasteiger partial charge < -0.3 is 10.6 Å². The second kappa shape index (κ2) is 8.93. The highest BCUT2D eigenvalue weighted by Crippen LogP contribution is 2.33. The standard InChI is InChI=1S/C19H21F3N6O2S.CH4/c1-10(2)24-18-23-9-15-17(27-18)28(12-3-5-31(29,30)6-4-12)19(25-15)26-16-13(21)7-11(20)8-14(16)22;/h7-10,12H,3-6H2,1-2H3,(H,25,26)(H,23,24,27);1H4. The van der Waals surface area contributed by atoms with Crippen LogP contribution in [-0.4, -0.2) is 45.5 Å². The molecule has 0 atom stereocenters. The van der Waals surface area contributed by atoms with Crippen LogP contribution in [0.1, 0.15) is 40.2 Å². The molecule has 1 aliphatic heterocycles. The Morgan fingerprint density at radius 3 is 2.31 bits per heavy atom. The molecule has 32 heavy (non-hydrogen) atoms. The molecule has 4 rings (SSSR count). The zero-order chi connectivity index (χ0) is 22.3. The maximum absolute atomic E-state index is 14.2. The predicted molar refractivity (Wildman–Crippen MR) is 117 cm³/mol. The molecule has 0 bridgehead atoms. The van der Waals surface area contributed by atoms with E-state index in [4.69, 9.17) is 0 Å². The fourth-order valence-corrected chi connectivity index (χ4v) is 5.03. The Labute approximate surface area is 184 Å². The number of nitrogens with zero attached hydrogens (tertiary/aromatic N) is 4. The maximum Gasteiger partial charge on any atom is 0.224 e. The lowest BCUT2D eigenvalue weighted by atomic mass is 10.1. The van der Waals surface area contributed by atoms with Crippen LogP contribution < -0.4 is 10.6 Å². The Balaban J connectivity index is 0.00000289. The third-order valence-electron chi connectivity index (χ3n) is 4.98. The van der Waals surface area contributed by atoms with Gasteiger partial charge >= 0.3 is 0 Å². The van der Waals surface area contributed by atoms with Crippen molar-refractivity contribution in [3.8, 4) is 0 Å². The molecule has 2 N–H and O–H groups in total. The molecule has 3 aromatic rings. The van der Waals surface area contributed by atoms with Crippen LogP contribution in [0.4, 0.5) is 30.8 Å². The van der Waals surface area contributed by atoms with Crippen LogP contribution in [0, 0.1) is 17.5 Å². The minimum atomic E-state index is -3.13. The van der Waals surface area contributed by atoms with Crippen LogP contribution >= 0.6 is 0 Å². The van der Waals surface area contributed by atoms with E-state index in [9.17, 15) is 21.6 Å². The fraction of sp³-hybridized carbons (Fsp3) is 0.450. The van der Waals surface area contributed by atoms with Gasteiger partial charge in [-0.3, -0.25) is 4.57 Å². The summed E-state index contributed by atoms with van der Waals surface area (Å²) in [5.41, 5.74) is 0.205. The molecular weight excluding hydrogens is 445 g/mol. The third kappa shape index (κ3) is 4.79. The summed E-state index contributed by atoms with van der Waals surface area (Å²) in [5, 5.41) is 5.68. The average Bonchev–Trinajstić information content (AvgIpc) is 3.01. The quantitative estimate of drug-likeness (QED) is 0.576. The summed E-state index contributed by atoms with van der Waals surface area (Å²) in [6, 6.07) is 0.879. The molecule has 1 fully saturated rings. The van der Waals surface area contributed by atoms with Gasteiger partial charge in [-0.1, -0.05) is 7.43 Å². The van der Waals surface area contributed by atoms with Crippen molar-refractivity contribution < 1.29 is 21.6 Å². The van der Waals surface area contributed by atoms with Gasteiger partial charge in [0.15, 0.2) is 17.3 Å². The molecule has 1 aliphatic rings. The third-order valence-corrected chi connectivity index (χ3v) is 6.70. The average molecular weight is 471 g/mol. The zero-order valence-electron chi connectivity index (χ0n) is 16.9. The van der Waals surface area contributed by atoms with Crippen molar-refractivity contribution in [2.24, 2.45) is 0 Å². The van der Waals surface area contributed by atoms with Gasteiger partial charge in [0, 0.05) is 24.2 Å². The van der Waals surface area contributed by atoms with E-state index in [2.05, 4.69) is 25.6 Å². The highest BCUT2D eigenvalue weighted by molar-refractivity contribution is 7.91. The Kier molecular flexibility index (Phi) is 6.63. The van der Waals surface area contributed by atoms with Crippen LogP contribution in [-0.2, 0) is 9.84 Å². The molecule has 0 spiro atoms. The second-order valence-corrected chi connectivity index (χ2v) is 10.1. The topological polar surface area (TPSA) is 102 Å². The van der Waals surface area contributed by atoms with Gasteiger partial charge in [0.25, 0.3) is 0 Å². The van der Waals surface area contributed by atoms with Crippen molar-refractivity contribution in [2.45, 2.75) is 46.2 Å². The first-order valence-electron chi connectivity index (χ1n) is 9.76. The van der Waals surface area contributed by atoms with E-state index in [0.717, 1.165) is 0 Å². The second-order valence-electron chi connectivity index (χ2n) is 7.76. The van der Waals surface area contributed by atoms with Gasteiger partial charge in [0.2, 0.25) is 11.9 Å². The van der Waals surface area contributed by atoms with Crippen LogP contribution in [0.5, 0.6) is 0 Å². The number of hydrogen-bond acceptors (Lipinski definition) is 7. The summed E-state index contributed by atoms with van der Waals surface area (Å²) in [5.74, 6) is -2.89. The Hall–Kier alpha value is -2.89. The fourth-order valence-electron chi connectivity index (χ4n) is 3.56. The van der Waals surface area contributed by atoms with Crippen molar-refractivity contribution in [2.75, 3.05) is 22.1 Å². The Bertz CT molecular complexity index is 1210. The maximum atomic E-state index is 14.2. The molecule has 0 aliphatic carbocycles. The van der Waals surface area contributed by atoms with Crippen molar-refractivity contribution in [1.82, 2.24) is 19.5 Å². The van der Waals surface area contributed by atoms with Crippen molar-refractivity contribution in [1.29, 1.82) is 0 Å². The lowest BCUT2D eigenvalue weighted by Crippen LogP contribution is -2.26. The first-order valence-corrected chi connectivity index (χ1v) is 11.6. The number of benzene rings is 1. The van der Waals surface area contributed by atoms with Crippen molar-refractivity contribution in [3.05, 3.63) is 35.8 Å². The Morgan fingerprint density at radius 2 is 1.72 bits per heavy atom. The van der Waals surface area contributed by atoms with Crippen molar-refractivity contribution in [3.63, 3.8) is 0 Å². The molecule has 2 aromatic heterocycles. The van der Waals surface area contributed by atoms with Crippen LogP contribution in [0.15, 0.2) is 18.3 Å². The van der Waals surface area contributed by atoms with Gasteiger partial charge in [0.1, 0.15) is 26.9 Å². The van der Waals surface area contributed by atoms with Gasteiger partial charge in [-0.15, -0.1) is 0 Å². The summed E-state index contributed by atoms with van der Waals surface area (Å²) in [4.78, 5) is 13.1. The van der Waals surface area contributed by atoms with Gasteiger partial charge in [-0.2, -0.15) is 4.98 Å². The van der Waals surface area contributed by atoms with E-state index in [1.165, 1.54) is 6.20 Å². The zero-order valence-corrected chi connectivity index (χ0v) is 17.7. The van der Waals surface area contributed by atoms with Crippen molar-refractivity contribution >= 4 is 38.6 Å². The first kappa shape index (κ1) is 23.8. The molecule has 0 amide bonds. The molecule has 1 aromatic carbocycles. The first-order chi connectivity index (χ1) is 14.6. The summed E-state index contributed by atoms with van der Waals surface area (Å²) in [6.07, 6.45) is 2.08. The number of nitrogens with one attached hydrogen (secondary N) is 2. The smallest absolute Gasteiger partial charge is 0.224 e. The van der Waals surface area contributed by atoms with E-state index < -0.39 is 33.0 Å². The SMILES string of the molecule is C.CC(C)Nc1ncc2nc(Nc3c(F)cc(F)cc3F)n(C3CCS(=O)(=O)CC3)c2n1. The lowest BCUT2D eigenvalue weighted by molar-refractivity contribution is 0.461. The van der Waals surface area contributed by atoms with Gasteiger partial charge in [-0.05, 0) is 26.7 Å². The van der Waals surface area contributed by atoms with E-state index in [-0.39, 0.29) is 37.0 Å².